The zero-order valence-corrected chi connectivity index (χ0v) is 9.33. The zero-order valence-electron chi connectivity index (χ0n) is 9.33. The first kappa shape index (κ1) is 12.3. The number of nitrogen functional groups attached to an aromatic ring is 1. The molecule has 1 rings (SSSR count). The van der Waals surface area contributed by atoms with Gasteiger partial charge in [-0.05, 0) is 18.1 Å². The lowest BCUT2D eigenvalue weighted by molar-refractivity contribution is -0.119. The molecule has 0 spiro atoms. The van der Waals surface area contributed by atoms with Gasteiger partial charge in [-0.1, -0.05) is 19.9 Å². The van der Waals surface area contributed by atoms with Crippen LogP contribution in [0, 0.1) is 11.7 Å². The molecule has 1 amide bonds. The zero-order chi connectivity index (χ0) is 12.3. The number of nitrogens with one attached hydrogen (secondary N) is 1. The Kier molecular flexibility index (Phi) is 3.71. The predicted molar refractivity (Wildman–Crippen MR) is 62.3 cm³/mol. The van der Waals surface area contributed by atoms with Crippen molar-refractivity contribution in [1.29, 1.82) is 0 Å². The van der Waals surface area contributed by atoms with E-state index in [0.717, 1.165) is 0 Å². The largest absolute Gasteiger partial charge is 0.395 e. The molecule has 0 radical (unpaired) electrons. The van der Waals surface area contributed by atoms with E-state index in [1.807, 2.05) is 13.8 Å². The Morgan fingerprint density at radius 1 is 1.44 bits per heavy atom. The lowest BCUT2D eigenvalue weighted by Crippen LogP contribution is -2.39. The molecule has 1 aromatic rings. The van der Waals surface area contributed by atoms with Gasteiger partial charge in [0.1, 0.15) is 11.9 Å². The van der Waals surface area contributed by atoms with Crippen molar-refractivity contribution in [2.45, 2.75) is 19.9 Å². The summed E-state index contributed by atoms with van der Waals surface area (Å²) in [6.45, 7) is 3.69. The quantitative estimate of drug-likeness (QED) is 0.676. The predicted octanol–water partition coefficient (Wildman–Crippen LogP) is 1.33. The summed E-state index contributed by atoms with van der Waals surface area (Å²) in [6.07, 6.45) is 0. The van der Waals surface area contributed by atoms with Crippen LogP contribution in [0.2, 0.25) is 0 Å². The minimum Gasteiger partial charge on any atom is -0.395 e. The van der Waals surface area contributed by atoms with Gasteiger partial charge < -0.3 is 16.8 Å². The molecule has 5 N–H and O–H groups in total. The summed E-state index contributed by atoms with van der Waals surface area (Å²) in [6, 6.07) is 3.82. The van der Waals surface area contributed by atoms with Gasteiger partial charge in [0, 0.05) is 0 Å². The number of para-hydroxylation sites is 1. The lowest BCUT2D eigenvalue weighted by atomic mass is 10.0. The highest BCUT2D eigenvalue weighted by molar-refractivity contribution is 5.84. The van der Waals surface area contributed by atoms with Crippen LogP contribution in [0.4, 0.5) is 15.8 Å². The highest BCUT2D eigenvalue weighted by Gasteiger charge is 2.20. The van der Waals surface area contributed by atoms with Crippen molar-refractivity contribution in [3.63, 3.8) is 0 Å². The molecule has 16 heavy (non-hydrogen) atoms. The molecule has 0 saturated heterocycles. The molecule has 0 aliphatic rings. The van der Waals surface area contributed by atoms with E-state index in [9.17, 15) is 9.18 Å². The second kappa shape index (κ2) is 4.83. The van der Waals surface area contributed by atoms with Crippen LogP contribution in [0.1, 0.15) is 13.8 Å². The van der Waals surface area contributed by atoms with Crippen LogP contribution < -0.4 is 16.8 Å². The first-order valence-corrected chi connectivity index (χ1v) is 5.03. The molecule has 0 heterocycles. The second-order valence-electron chi connectivity index (χ2n) is 3.97. The minimum atomic E-state index is -0.566. The lowest BCUT2D eigenvalue weighted by Gasteiger charge is -2.21. The van der Waals surface area contributed by atoms with Crippen LogP contribution in [0.25, 0.3) is 0 Å². The fourth-order valence-electron chi connectivity index (χ4n) is 1.40. The summed E-state index contributed by atoms with van der Waals surface area (Å²) in [4.78, 5) is 11.2. The molecule has 0 aliphatic carbocycles. The number of halogens is 1. The van der Waals surface area contributed by atoms with Gasteiger partial charge in [0.05, 0.1) is 11.4 Å². The van der Waals surface area contributed by atoms with E-state index in [1.165, 1.54) is 12.1 Å². The Morgan fingerprint density at radius 3 is 2.56 bits per heavy atom. The van der Waals surface area contributed by atoms with Crippen LogP contribution in [0.15, 0.2) is 18.2 Å². The van der Waals surface area contributed by atoms with Gasteiger partial charge >= 0.3 is 0 Å². The number of nitrogens with two attached hydrogens (primary N) is 2. The topological polar surface area (TPSA) is 81.1 Å². The van der Waals surface area contributed by atoms with E-state index in [2.05, 4.69) is 5.32 Å². The van der Waals surface area contributed by atoms with Gasteiger partial charge in [-0.15, -0.1) is 0 Å². The normalized spacial score (nSPS) is 12.5. The number of amides is 1. The number of rotatable bonds is 4. The highest BCUT2D eigenvalue weighted by Crippen LogP contribution is 2.23. The molecule has 1 aromatic carbocycles. The molecule has 1 atom stereocenters. The third kappa shape index (κ3) is 2.62. The minimum absolute atomic E-state index is 0.000155. The maximum absolute atomic E-state index is 13.2. The molecular weight excluding hydrogens is 209 g/mol. The van der Waals surface area contributed by atoms with Crippen LogP contribution in [0.5, 0.6) is 0 Å². The van der Waals surface area contributed by atoms with Gasteiger partial charge in [-0.3, -0.25) is 4.79 Å². The Balaban J connectivity index is 2.94. The van der Waals surface area contributed by atoms with Crippen molar-refractivity contribution in [2.75, 3.05) is 11.1 Å². The van der Waals surface area contributed by atoms with E-state index in [1.54, 1.807) is 6.07 Å². The molecule has 1 unspecified atom stereocenters. The molecule has 0 aromatic heterocycles. The maximum atomic E-state index is 13.2. The Hall–Kier alpha value is -1.78. The molecule has 88 valence electrons. The second-order valence-corrected chi connectivity index (χ2v) is 3.97. The summed E-state index contributed by atoms with van der Waals surface area (Å²) in [5.41, 5.74) is 11.2. The average Bonchev–Trinajstić information content (AvgIpc) is 2.19. The van der Waals surface area contributed by atoms with E-state index < -0.39 is 17.8 Å². The van der Waals surface area contributed by atoms with Crippen molar-refractivity contribution in [3.8, 4) is 0 Å². The first-order chi connectivity index (χ1) is 7.43. The van der Waals surface area contributed by atoms with Crippen LogP contribution >= 0.6 is 0 Å². The number of hydrogen-bond acceptors (Lipinski definition) is 3. The van der Waals surface area contributed by atoms with Gasteiger partial charge in [-0.2, -0.15) is 0 Å². The van der Waals surface area contributed by atoms with Crippen LogP contribution in [-0.2, 0) is 4.79 Å². The van der Waals surface area contributed by atoms with Crippen molar-refractivity contribution < 1.29 is 9.18 Å². The number of carbonyl (C=O) groups excluding carboxylic acids is 1. The van der Waals surface area contributed by atoms with Gasteiger partial charge in [0.25, 0.3) is 0 Å². The summed E-state index contributed by atoms with van der Waals surface area (Å²) in [5, 5.41) is 2.85. The third-order valence-electron chi connectivity index (χ3n) is 2.34. The summed E-state index contributed by atoms with van der Waals surface area (Å²) < 4.78 is 13.2. The molecule has 0 saturated carbocycles. The Bertz CT molecular complexity index is 393. The maximum Gasteiger partial charge on any atom is 0.240 e. The monoisotopic (exact) mass is 225 g/mol. The molecule has 0 aliphatic heterocycles. The smallest absolute Gasteiger partial charge is 0.240 e. The van der Waals surface area contributed by atoms with E-state index in [4.69, 9.17) is 11.5 Å². The molecule has 0 bridgehead atoms. The van der Waals surface area contributed by atoms with Gasteiger partial charge in [-0.25, -0.2) is 4.39 Å². The van der Waals surface area contributed by atoms with E-state index in [0.29, 0.717) is 5.69 Å². The van der Waals surface area contributed by atoms with Crippen molar-refractivity contribution >= 4 is 17.3 Å². The number of primary amides is 1. The third-order valence-corrected chi connectivity index (χ3v) is 2.34. The van der Waals surface area contributed by atoms with Crippen LogP contribution in [-0.4, -0.2) is 11.9 Å². The first-order valence-electron chi connectivity index (χ1n) is 5.03. The van der Waals surface area contributed by atoms with Gasteiger partial charge in [0.2, 0.25) is 5.91 Å². The molecular formula is C11H16FN3O. The highest BCUT2D eigenvalue weighted by atomic mass is 19.1. The number of hydrogen-bond donors (Lipinski definition) is 3. The molecule has 5 heteroatoms. The fourth-order valence-corrected chi connectivity index (χ4v) is 1.40. The molecule has 0 fully saturated rings. The number of anilines is 2. The Morgan fingerprint density at radius 2 is 2.06 bits per heavy atom. The summed E-state index contributed by atoms with van der Waals surface area (Å²) in [5.74, 6) is -1.00. The van der Waals surface area contributed by atoms with E-state index in [-0.39, 0.29) is 11.6 Å². The average molecular weight is 225 g/mol. The van der Waals surface area contributed by atoms with Crippen molar-refractivity contribution in [3.05, 3.63) is 24.0 Å². The Labute approximate surface area is 93.8 Å². The SMILES string of the molecule is CC(C)C(Nc1cccc(F)c1N)C(N)=O. The molecule has 4 nitrogen and oxygen atoms in total. The summed E-state index contributed by atoms with van der Waals surface area (Å²) in [7, 11) is 0. The van der Waals surface area contributed by atoms with Gasteiger partial charge in [0.15, 0.2) is 0 Å². The standard InChI is InChI=1S/C11H16FN3O/c1-6(2)10(11(14)16)15-8-5-3-4-7(12)9(8)13/h3-6,10,15H,13H2,1-2H3,(H2,14,16). The number of benzene rings is 1. The fraction of sp³-hybridized carbons (Fsp3) is 0.364. The summed E-state index contributed by atoms with van der Waals surface area (Å²) >= 11 is 0. The van der Waals surface area contributed by atoms with Crippen molar-refractivity contribution in [2.24, 2.45) is 11.7 Å². The number of carbonyl (C=O) groups is 1. The van der Waals surface area contributed by atoms with E-state index >= 15 is 0 Å². The van der Waals surface area contributed by atoms with Crippen LogP contribution in [0.3, 0.4) is 0 Å². The van der Waals surface area contributed by atoms with Crippen molar-refractivity contribution in [1.82, 2.24) is 0 Å².